The van der Waals surface area contributed by atoms with Gasteiger partial charge in [0.15, 0.2) is 5.11 Å². The highest BCUT2D eigenvalue weighted by atomic mass is 79.9. The van der Waals surface area contributed by atoms with E-state index in [2.05, 4.69) is 98.9 Å². The van der Waals surface area contributed by atoms with Crippen molar-refractivity contribution in [2.24, 2.45) is 0 Å². The van der Waals surface area contributed by atoms with Gasteiger partial charge in [0.1, 0.15) is 0 Å². The molecule has 3 heterocycles. The minimum absolute atomic E-state index is 0.0600. The smallest absolute Gasteiger partial charge is 0.174 e. The number of hydrogen-bond donors (Lipinski definition) is 1. The van der Waals surface area contributed by atoms with Crippen LogP contribution in [0.4, 0.5) is 5.69 Å². The number of pyridine rings is 1. The van der Waals surface area contributed by atoms with Gasteiger partial charge in [0.05, 0.1) is 17.8 Å². The second-order valence-electron chi connectivity index (χ2n) is 8.57. The van der Waals surface area contributed by atoms with E-state index in [4.69, 9.17) is 23.8 Å². The van der Waals surface area contributed by atoms with Crippen molar-refractivity contribution in [1.82, 2.24) is 14.9 Å². The minimum Gasteiger partial charge on any atom is -0.351 e. The fourth-order valence-corrected chi connectivity index (χ4v) is 5.52. The van der Waals surface area contributed by atoms with Crippen LogP contribution in [-0.2, 0) is 0 Å². The molecule has 0 bridgehead atoms. The van der Waals surface area contributed by atoms with E-state index < -0.39 is 0 Å². The molecule has 0 aliphatic carbocycles. The van der Waals surface area contributed by atoms with E-state index in [0.717, 1.165) is 43.5 Å². The topological polar surface area (TPSA) is 33.1 Å². The average Bonchev–Trinajstić information content (AvgIpc) is 3.32. The summed E-state index contributed by atoms with van der Waals surface area (Å²) < 4.78 is 3.35. The second kappa shape index (κ2) is 9.17. The highest BCUT2D eigenvalue weighted by Gasteiger charge is 2.42. The Morgan fingerprint density at radius 2 is 1.71 bits per heavy atom. The van der Waals surface area contributed by atoms with Gasteiger partial charge in [-0.05, 0) is 105 Å². The first kappa shape index (κ1) is 23.1. The largest absolute Gasteiger partial charge is 0.351 e. The summed E-state index contributed by atoms with van der Waals surface area (Å²) in [5.74, 6) is 0. The molecule has 0 saturated carbocycles. The molecule has 1 saturated heterocycles. The van der Waals surface area contributed by atoms with Crippen molar-refractivity contribution in [3.05, 3.63) is 111 Å². The van der Waals surface area contributed by atoms with Gasteiger partial charge in [0, 0.05) is 38.5 Å². The van der Waals surface area contributed by atoms with Gasteiger partial charge >= 0.3 is 0 Å². The number of aromatic nitrogens is 2. The van der Waals surface area contributed by atoms with Gasteiger partial charge in [-0.2, -0.15) is 0 Å². The van der Waals surface area contributed by atoms with E-state index in [9.17, 15) is 0 Å². The van der Waals surface area contributed by atoms with E-state index in [1.165, 1.54) is 5.56 Å². The van der Waals surface area contributed by atoms with Crippen molar-refractivity contribution in [2.75, 3.05) is 4.90 Å². The van der Waals surface area contributed by atoms with Crippen LogP contribution in [0.5, 0.6) is 0 Å². The quantitative estimate of drug-likeness (QED) is 0.268. The van der Waals surface area contributed by atoms with Crippen LogP contribution in [-0.4, -0.2) is 14.7 Å². The Morgan fingerprint density at radius 1 is 0.971 bits per heavy atom. The summed E-state index contributed by atoms with van der Waals surface area (Å²) in [5.41, 5.74) is 7.78. The number of benzene rings is 2. The first-order valence-electron chi connectivity index (χ1n) is 11.1. The molecule has 1 aliphatic rings. The summed E-state index contributed by atoms with van der Waals surface area (Å²) >= 11 is 15.7. The van der Waals surface area contributed by atoms with Crippen LogP contribution in [0.15, 0.2) is 77.4 Å². The minimum atomic E-state index is -0.0863. The van der Waals surface area contributed by atoms with Gasteiger partial charge in [-0.3, -0.25) is 4.98 Å². The molecule has 4 nitrogen and oxygen atoms in total. The molecule has 1 fully saturated rings. The summed E-state index contributed by atoms with van der Waals surface area (Å²) in [6.07, 6.45) is 1.83. The number of rotatable bonds is 4. The fraction of sp³-hybridized carbons (Fsp3) is 0.185. The van der Waals surface area contributed by atoms with E-state index in [1.54, 1.807) is 0 Å². The van der Waals surface area contributed by atoms with Gasteiger partial charge in [-0.25, -0.2) is 0 Å². The Kier molecular flexibility index (Phi) is 6.23. The SMILES string of the molecule is Cc1cc(N2C(=S)N[C@@H](c3ccccn3)[C@H]2c2cc(C)n(-c3ccc(Cl)cc3)c2C)ccc1Br. The Morgan fingerprint density at radius 3 is 2.38 bits per heavy atom. The number of nitrogens with zero attached hydrogens (tertiary/aromatic N) is 3. The number of halogens is 2. The molecule has 7 heteroatoms. The Balaban J connectivity index is 1.68. The zero-order valence-corrected chi connectivity index (χ0v) is 22.2. The van der Waals surface area contributed by atoms with Crippen LogP contribution in [0.2, 0.25) is 5.02 Å². The third kappa shape index (κ3) is 4.04. The number of nitrogens with one attached hydrogen (secondary N) is 1. The van der Waals surface area contributed by atoms with Crippen molar-refractivity contribution in [2.45, 2.75) is 32.9 Å². The van der Waals surface area contributed by atoms with Crippen LogP contribution in [0.3, 0.4) is 0 Å². The lowest BCUT2D eigenvalue weighted by Crippen LogP contribution is -2.29. The molecule has 1 aliphatic heterocycles. The molecule has 2 atom stereocenters. The summed E-state index contributed by atoms with van der Waals surface area (Å²) in [6, 6.07) is 22.4. The van der Waals surface area contributed by atoms with E-state index in [0.29, 0.717) is 5.11 Å². The lowest BCUT2D eigenvalue weighted by molar-refractivity contribution is 0.565. The first-order valence-corrected chi connectivity index (χ1v) is 12.6. The Hall–Kier alpha value is -2.67. The lowest BCUT2D eigenvalue weighted by atomic mass is 9.96. The Labute approximate surface area is 218 Å². The van der Waals surface area contributed by atoms with Gasteiger partial charge in [0.25, 0.3) is 0 Å². The summed E-state index contributed by atoms with van der Waals surface area (Å²) in [4.78, 5) is 6.90. The predicted molar refractivity (Wildman–Crippen MR) is 147 cm³/mol. The molecule has 172 valence electrons. The van der Waals surface area contributed by atoms with Gasteiger partial charge in [0.2, 0.25) is 0 Å². The number of aryl methyl sites for hydroxylation is 2. The van der Waals surface area contributed by atoms with Crippen molar-refractivity contribution in [3.8, 4) is 5.69 Å². The molecule has 1 N–H and O–H groups in total. The van der Waals surface area contributed by atoms with Crippen molar-refractivity contribution in [3.63, 3.8) is 0 Å². The van der Waals surface area contributed by atoms with Crippen LogP contribution in [0.25, 0.3) is 5.69 Å². The first-order chi connectivity index (χ1) is 16.3. The van der Waals surface area contributed by atoms with Crippen molar-refractivity contribution in [1.29, 1.82) is 0 Å². The Bertz CT molecular complexity index is 1370. The number of thiocarbonyl (C=S) groups is 1. The zero-order valence-electron chi connectivity index (χ0n) is 19.1. The summed E-state index contributed by atoms with van der Waals surface area (Å²) in [7, 11) is 0. The van der Waals surface area contributed by atoms with Crippen molar-refractivity contribution < 1.29 is 0 Å². The zero-order chi connectivity index (χ0) is 24.0. The number of anilines is 1. The third-order valence-electron chi connectivity index (χ3n) is 6.39. The monoisotopic (exact) mass is 550 g/mol. The van der Waals surface area contributed by atoms with Gasteiger partial charge < -0.3 is 14.8 Å². The second-order valence-corrected chi connectivity index (χ2v) is 10.2. The molecule has 2 aromatic carbocycles. The molecule has 4 aromatic rings. The van der Waals surface area contributed by atoms with Crippen LogP contribution >= 0.6 is 39.7 Å². The maximum atomic E-state index is 6.15. The molecular weight excluding hydrogens is 528 g/mol. The predicted octanol–water partition coefficient (Wildman–Crippen LogP) is 7.39. The van der Waals surface area contributed by atoms with Gasteiger partial charge in [-0.15, -0.1) is 0 Å². The summed E-state index contributed by atoms with van der Waals surface area (Å²) in [6.45, 7) is 6.40. The fourth-order valence-electron chi connectivity index (χ4n) is 4.80. The van der Waals surface area contributed by atoms with Crippen LogP contribution in [0.1, 0.15) is 40.3 Å². The highest BCUT2D eigenvalue weighted by molar-refractivity contribution is 9.10. The molecule has 5 rings (SSSR count). The molecule has 0 unspecified atom stereocenters. The summed E-state index contributed by atoms with van der Waals surface area (Å²) in [5, 5.41) is 4.98. The molecule has 2 aromatic heterocycles. The number of hydrogen-bond acceptors (Lipinski definition) is 2. The van der Waals surface area contributed by atoms with Crippen LogP contribution in [0, 0.1) is 20.8 Å². The molecule has 0 amide bonds. The third-order valence-corrected chi connectivity index (χ3v) is 7.85. The maximum Gasteiger partial charge on any atom is 0.174 e. The molecule has 0 spiro atoms. The molecule has 0 radical (unpaired) electrons. The van der Waals surface area contributed by atoms with Crippen LogP contribution < -0.4 is 10.2 Å². The maximum absolute atomic E-state index is 6.15. The van der Waals surface area contributed by atoms with E-state index in [-0.39, 0.29) is 12.1 Å². The van der Waals surface area contributed by atoms with Gasteiger partial charge in [-0.1, -0.05) is 33.6 Å². The molecular formula is C27H24BrClN4S. The highest BCUT2D eigenvalue weighted by Crippen LogP contribution is 2.44. The standard InChI is InChI=1S/C27H24BrClN4S/c1-16-14-21(11-12-23(16)28)33-26(25(31-27(33)34)24-6-4-5-13-30-24)22-15-17(2)32(18(22)3)20-9-7-19(29)8-10-20/h4-15,25-26H,1-3H3,(H,31,34)/t25-,26+/m0/s1. The molecule has 34 heavy (non-hydrogen) atoms. The average molecular weight is 552 g/mol. The van der Waals surface area contributed by atoms with E-state index in [1.807, 2.05) is 30.5 Å². The van der Waals surface area contributed by atoms with Crippen molar-refractivity contribution >= 4 is 50.5 Å². The normalized spacial score (nSPS) is 17.8. The van der Waals surface area contributed by atoms with E-state index >= 15 is 0 Å². The lowest BCUT2D eigenvalue weighted by Gasteiger charge is -2.28.